The summed E-state index contributed by atoms with van der Waals surface area (Å²) in [6.45, 7) is 1.60. The second kappa shape index (κ2) is 8.40. The first-order chi connectivity index (χ1) is 10.4. The number of hydrogen-bond acceptors (Lipinski definition) is 6. The van der Waals surface area contributed by atoms with Gasteiger partial charge in [0.25, 0.3) is 0 Å². The predicted molar refractivity (Wildman–Crippen MR) is 76.9 cm³/mol. The van der Waals surface area contributed by atoms with Gasteiger partial charge in [-0.05, 0) is 17.7 Å². The number of benzene rings is 1. The van der Waals surface area contributed by atoms with Gasteiger partial charge in [0, 0.05) is 12.5 Å². The minimum atomic E-state index is -1.63. The summed E-state index contributed by atoms with van der Waals surface area (Å²) < 4.78 is 4.97. The molecule has 0 aromatic heterocycles. The number of amides is 1. The van der Waals surface area contributed by atoms with Crippen molar-refractivity contribution in [2.45, 2.75) is 26.0 Å². The van der Waals surface area contributed by atoms with Crippen molar-refractivity contribution >= 4 is 12.1 Å². The molecule has 1 unspecified atom stereocenters. The van der Waals surface area contributed by atoms with E-state index >= 15 is 0 Å². The van der Waals surface area contributed by atoms with Gasteiger partial charge in [0.05, 0.1) is 0 Å². The van der Waals surface area contributed by atoms with E-state index in [1.165, 1.54) is 6.92 Å². The SMILES string of the molecule is CC(CC(O)=C(N=O)C(=O)O)NC(=O)OCc1ccccc1. The zero-order chi connectivity index (χ0) is 16.5. The summed E-state index contributed by atoms with van der Waals surface area (Å²) in [5.41, 5.74) is -0.169. The Kier molecular flexibility index (Phi) is 6.55. The standard InChI is InChI=1S/C14H16N2O6/c1-9(7-11(17)12(16-21)13(18)19)15-14(20)22-8-10-5-3-2-4-6-10/h2-6,9,17H,7-8H2,1H3,(H,15,20)(H,18,19). The number of rotatable bonds is 7. The van der Waals surface area contributed by atoms with Crippen molar-refractivity contribution in [3.63, 3.8) is 0 Å². The van der Waals surface area contributed by atoms with Gasteiger partial charge >= 0.3 is 12.1 Å². The molecule has 0 aliphatic carbocycles. The fourth-order valence-corrected chi connectivity index (χ4v) is 1.62. The average molecular weight is 308 g/mol. The zero-order valence-electron chi connectivity index (χ0n) is 11.9. The van der Waals surface area contributed by atoms with Crippen molar-refractivity contribution in [2.75, 3.05) is 0 Å². The number of aliphatic carboxylic acids is 1. The lowest BCUT2D eigenvalue weighted by Gasteiger charge is -2.13. The molecule has 0 aliphatic rings. The Balaban J connectivity index is 2.47. The van der Waals surface area contributed by atoms with Crippen LogP contribution in [-0.4, -0.2) is 28.3 Å². The van der Waals surface area contributed by atoms with Crippen LogP contribution in [0.1, 0.15) is 18.9 Å². The molecule has 1 aromatic carbocycles. The molecule has 0 fully saturated rings. The number of hydrogen-bond donors (Lipinski definition) is 3. The molecule has 8 nitrogen and oxygen atoms in total. The monoisotopic (exact) mass is 308 g/mol. The number of nitrogens with one attached hydrogen (secondary N) is 1. The topological polar surface area (TPSA) is 125 Å². The number of aliphatic hydroxyl groups is 1. The molecule has 0 spiro atoms. The summed E-state index contributed by atoms with van der Waals surface area (Å²) in [6.07, 6.45) is -0.978. The highest BCUT2D eigenvalue weighted by Crippen LogP contribution is 2.10. The molecule has 1 aromatic rings. The van der Waals surface area contributed by atoms with Gasteiger partial charge in [-0.15, -0.1) is 4.91 Å². The maximum atomic E-state index is 11.5. The molecule has 118 valence electrons. The minimum absolute atomic E-state index is 0.0808. The lowest BCUT2D eigenvalue weighted by molar-refractivity contribution is -0.132. The van der Waals surface area contributed by atoms with E-state index in [9.17, 15) is 19.6 Å². The van der Waals surface area contributed by atoms with Crippen LogP contribution in [0.25, 0.3) is 0 Å². The maximum Gasteiger partial charge on any atom is 0.407 e. The van der Waals surface area contributed by atoms with Gasteiger partial charge < -0.3 is 20.3 Å². The number of carbonyl (C=O) groups is 2. The second-order valence-corrected chi connectivity index (χ2v) is 4.50. The van der Waals surface area contributed by atoms with E-state index in [-0.39, 0.29) is 13.0 Å². The lowest BCUT2D eigenvalue weighted by atomic mass is 10.2. The van der Waals surface area contributed by atoms with Crippen LogP contribution in [0.5, 0.6) is 0 Å². The number of carboxylic acids is 1. The lowest BCUT2D eigenvalue weighted by Crippen LogP contribution is -2.33. The van der Waals surface area contributed by atoms with Crippen LogP contribution in [0.15, 0.2) is 47.0 Å². The molecule has 0 saturated heterocycles. The third-order valence-corrected chi connectivity index (χ3v) is 2.64. The molecule has 1 atom stereocenters. The average Bonchev–Trinajstić information content (AvgIpc) is 2.46. The Morgan fingerprint density at radius 2 is 1.91 bits per heavy atom. The van der Waals surface area contributed by atoms with Crippen molar-refractivity contribution in [1.29, 1.82) is 0 Å². The largest absolute Gasteiger partial charge is 0.510 e. The molecule has 0 aliphatic heterocycles. The first-order valence-electron chi connectivity index (χ1n) is 6.40. The van der Waals surface area contributed by atoms with Gasteiger partial charge in [0.2, 0.25) is 5.70 Å². The van der Waals surface area contributed by atoms with Crippen LogP contribution < -0.4 is 5.32 Å². The summed E-state index contributed by atoms with van der Waals surface area (Å²) >= 11 is 0. The zero-order valence-corrected chi connectivity index (χ0v) is 11.9. The highest BCUT2D eigenvalue weighted by atomic mass is 16.5. The Morgan fingerprint density at radius 1 is 1.27 bits per heavy atom. The molecular weight excluding hydrogens is 292 g/mol. The van der Waals surface area contributed by atoms with Gasteiger partial charge in [-0.2, -0.15) is 0 Å². The van der Waals surface area contributed by atoms with E-state index in [2.05, 4.69) is 10.5 Å². The summed E-state index contributed by atoms with van der Waals surface area (Å²) in [7, 11) is 0. The smallest absolute Gasteiger partial charge is 0.407 e. The Labute approximate surface area is 126 Å². The molecule has 0 bridgehead atoms. The second-order valence-electron chi connectivity index (χ2n) is 4.50. The van der Waals surface area contributed by atoms with Crippen LogP contribution in [-0.2, 0) is 16.1 Å². The number of carbonyl (C=O) groups excluding carboxylic acids is 1. The third-order valence-electron chi connectivity index (χ3n) is 2.64. The van der Waals surface area contributed by atoms with Crippen LogP contribution in [0.3, 0.4) is 0 Å². The van der Waals surface area contributed by atoms with Crippen molar-refractivity contribution in [2.24, 2.45) is 5.18 Å². The number of carboxylic acid groups (broad SMARTS) is 1. The van der Waals surface area contributed by atoms with Crippen LogP contribution in [0.2, 0.25) is 0 Å². The van der Waals surface area contributed by atoms with Gasteiger partial charge in [0.15, 0.2) is 0 Å². The van der Waals surface area contributed by atoms with E-state index in [0.29, 0.717) is 0 Å². The van der Waals surface area contributed by atoms with Gasteiger partial charge in [-0.3, -0.25) is 0 Å². The Morgan fingerprint density at radius 3 is 2.45 bits per heavy atom. The summed E-state index contributed by atoms with van der Waals surface area (Å²) in [5, 5.41) is 22.7. The highest BCUT2D eigenvalue weighted by molar-refractivity contribution is 5.86. The predicted octanol–water partition coefficient (Wildman–Crippen LogP) is 2.31. The van der Waals surface area contributed by atoms with Crippen molar-refractivity contribution in [3.8, 4) is 0 Å². The van der Waals surface area contributed by atoms with E-state index in [4.69, 9.17) is 9.84 Å². The van der Waals surface area contributed by atoms with Crippen molar-refractivity contribution in [3.05, 3.63) is 52.3 Å². The maximum absolute atomic E-state index is 11.5. The molecule has 1 amide bonds. The normalized spacial score (nSPS) is 12.8. The van der Waals surface area contributed by atoms with Crippen molar-refractivity contribution < 1.29 is 24.5 Å². The van der Waals surface area contributed by atoms with Crippen molar-refractivity contribution in [1.82, 2.24) is 5.32 Å². The number of nitroso groups, excluding NO2 is 1. The van der Waals surface area contributed by atoms with Gasteiger partial charge in [-0.25, -0.2) is 9.59 Å². The van der Waals surface area contributed by atoms with Gasteiger partial charge in [0.1, 0.15) is 12.4 Å². The number of ether oxygens (including phenoxy) is 1. The Hall–Kier alpha value is -2.90. The van der Waals surface area contributed by atoms with E-state index < -0.39 is 29.6 Å². The quantitative estimate of drug-likeness (QED) is 0.403. The van der Waals surface area contributed by atoms with Crippen LogP contribution in [0, 0.1) is 4.91 Å². The molecular formula is C14H16N2O6. The summed E-state index contributed by atoms with van der Waals surface area (Å²) in [6, 6.07) is 8.39. The molecule has 0 heterocycles. The molecule has 3 N–H and O–H groups in total. The van der Waals surface area contributed by atoms with Crippen LogP contribution >= 0.6 is 0 Å². The minimum Gasteiger partial charge on any atom is -0.510 e. The fraction of sp³-hybridized carbons (Fsp3) is 0.286. The molecule has 0 saturated carbocycles. The first kappa shape index (κ1) is 17.2. The summed E-state index contributed by atoms with van der Waals surface area (Å²) in [4.78, 5) is 32.5. The molecule has 1 rings (SSSR count). The number of aliphatic hydroxyl groups excluding tert-OH is 1. The third kappa shape index (κ3) is 5.61. The number of nitrogens with zero attached hydrogens (tertiary/aromatic N) is 1. The van der Waals surface area contributed by atoms with E-state index in [1.54, 1.807) is 12.1 Å². The first-order valence-corrected chi connectivity index (χ1v) is 6.40. The number of alkyl carbamates (subject to hydrolysis) is 1. The fourth-order valence-electron chi connectivity index (χ4n) is 1.62. The van der Waals surface area contributed by atoms with E-state index in [0.717, 1.165) is 5.56 Å². The molecule has 8 heteroatoms. The van der Waals surface area contributed by atoms with Crippen LogP contribution in [0.4, 0.5) is 4.79 Å². The Bertz CT molecular complexity index is 570. The molecule has 0 radical (unpaired) electrons. The highest BCUT2D eigenvalue weighted by Gasteiger charge is 2.18. The van der Waals surface area contributed by atoms with Gasteiger partial charge in [-0.1, -0.05) is 30.3 Å². The summed E-state index contributed by atoms with van der Waals surface area (Å²) in [5.74, 6) is -2.34. The van der Waals surface area contributed by atoms with E-state index in [1.807, 2.05) is 18.2 Å². The molecule has 22 heavy (non-hydrogen) atoms.